The first-order valence-corrected chi connectivity index (χ1v) is 7.01. The summed E-state index contributed by atoms with van der Waals surface area (Å²) < 4.78 is 6.32. The van der Waals surface area contributed by atoms with E-state index in [0.717, 1.165) is 29.9 Å². The first-order chi connectivity index (χ1) is 8.44. The Labute approximate surface area is 117 Å². The second-order valence-electron chi connectivity index (χ2n) is 5.36. The van der Waals surface area contributed by atoms with Gasteiger partial charge in [0, 0.05) is 24.1 Å². The van der Waals surface area contributed by atoms with E-state index in [1.54, 1.807) is 7.11 Å². The molecule has 0 aliphatic carbocycles. The van der Waals surface area contributed by atoms with Gasteiger partial charge in [0.15, 0.2) is 0 Å². The fourth-order valence-electron chi connectivity index (χ4n) is 2.25. The van der Waals surface area contributed by atoms with Crippen LogP contribution in [0.5, 0.6) is 5.75 Å². The van der Waals surface area contributed by atoms with Crippen molar-refractivity contribution in [2.45, 2.75) is 26.0 Å². The highest BCUT2D eigenvalue weighted by molar-refractivity contribution is 9.10. The normalized spacial score (nSPS) is 18.8. The highest BCUT2D eigenvalue weighted by Gasteiger charge is 2.43. The summed E-state index contributed by atoms with van der Waals surface area (Å²) >= 11 is 3.55. The van der Waals surface area contributed by atoms with Crippen molar-refractivity contribution in [2.24, 2.45) is 5.92 Å². The fourth-order valence-corrected chi connectivity index (χ4v) is 2.62. The van der Waals surface area contributed by atoms with Gasteiger partial charge >= 0.3 is 0 Å². The summed E-state index contributed by atoms with van der Waals surface area (Å²) in [5.41, 5.74) is 0.686. The second-order valence-corrected chi connectivity index (χ2v) is 6.22. The molecule has 0 unspecified atom stereocenters. The average Bonchev–Trinajstić information content (AvgIpc) is 2.29. The van der Waals surface area contributed by atoms with Crippen LogP contribution in [0.15, 0.2) is 22.7 Å². The minimum absolute atomic E-state index is 0.308. The van der Waals surface area contributed by atoms with Crippen LogP contribution >= 0.6 is 15.9 Å². The van der Waals surface area contributed by atoms with Crippen molar-refractivity contribution in [2.75, 3.05) is 20.2 Å². The van der Waals surface area contributed by atoms with E-state index < -0.39 is 5.60 Å². The van der Waals surface area contributed by atoms with Gasteiger partial charge in [-0.05, 0) is 29.7 Å². The molecule has 0 atom stereocenters. The number of nitrogens with zero attached hydrogens (tertiary/aromatic N) is 1. The third kappa shape index (κ3) is 2.71. The molecule has 1 aliphatic rings. The van der Waals surface area contributed by atoms with Crippen LogP contribution in [0.2, 0.25) is 0 Å². The van der Waals surface area contributed by atoms with Crippen LogP contribution in [0.3, 0.4) is 0 Å². The third-order valence-corrected chi connectivity index (χ3v) is 4.49. The van der Waals surface area contributed by atoms with Gasteiger partial charge in [0.2, 0.25) is 0 Å². The Morgan fingerprint density at radius 1 is 1.44 bits per heavy atom. The topological polar surface area (TPSA) is 32.7 Å². The summed E-state index contributed by atoms with van der Waals surface area (Å²) in [6, 6.07) is 5.98. The highest BCUT2D eigenvalue weighted by atomic mass is 79.9. The molecular formula is C14H20BrNO2. The van der Waals surface area contributed by atoms with Gasteiger partial charge in [0.1, 0.15) is 5.75 Å². The lowest BCUT2D eigenvalue weighted by atomic mass is 9.83. The number of hydrogen-bond acceptors (Lipinski definition) is 3. The molecule has 0 bridgehead atoms. The van der Waals surface area contributed by atoms with Gasteiger partial charge in [-0.1, -0.05) is 29.8 Å². The lowest BCUT2D eigenvalue weighted by Gasteiger charge is -2.49. The summed E-state index contributed by atoms with van der Waals surface area (Å²) in [6.45, 7) is 6.47. The van der Waals surface area contributed by atoms with E-state index in [4.69, 9.17) is 4.74 Å². The molecule has 1 fully saturated rings. The predicted molar refractivity (Wildman–Crippen MR) is 75.8 cm³/mol. The van der Waals surface area contributed by atoms with Crippen molar-refractivity contribution < 1.29 is 9.84 Å². The quantitative estimate of drug-likeness (QED) is 0.927. The van der Waals surface area contributed by atoms with Crippen molar-refractivity contribution in [1.29, 1.82) is 0 Å². The molecule has 2 rings (SSSR count). The summed E-state index contributed by atoms with van der Waals surface area (Å²) in [4.78, 5) is 2.25. The van der Waals surface area contributed by atoms with Crippen LogP contribution < -0.4 is 4.74 Å². The first-order valence-electron chi connectivity index (χ1n) is 6.22. The molecule has 0 spiro atoms. The van der Waals surface area contributed by atoms with Crippen molar-refractivity contribution in [1.82, 2.24) is 4.90 Å². The summed E-state index contributed by atoms with van der Waals surface area (Å²) in [5.74, 6) is 1.18. The third-order valence-electron chi connectivity index (χ3n) is 3.72. The van der Waals surface area contributed by atoms with Crippen molar-refractivity contribution in [3.05, 3.63) is 28.2 Å². The Balaban J connectivity index is 2.00. The highest BCUT2D eigenvalue weighted by Crippen LogP contribution is 2.32. The first kappa shape index (κ1) is 13.8. The molecule has 18 heavy (non-hydrogen) atoms. The molecule has 0 amide bonds. The molecule has 1 N–H and O–H groups in total. The second kappa shape index (κ2) is 5.19. The van der Waals surface area contributed by atoms with Crippen molar-refractivity contribution in [3.8, 4) is 5.75 Å². The molecular weight excluding hydrogens is 294 g/mol. The number of rotatable bonds is 4. The van der Waals surface area contributed by atoms with Crippen molar-refractivity contribution >= 4 is 15.9 Å². The molecule has 3 nitrogen and oxygen atoms in total. The van der Waals surface area contributed by atoms with E-state index in [2.05, 4.69) is 34.7 Å². The van der Waals surface area contributed by atoms with E-state index in [0.29, 0.717) is 5.92 Å². The Hall–Kier alpha value is -0.580. The number of β-amino-alcohol motifs (C(OH)–C–C–N with tert-alkyl or cyclic N) is 1. The minimum atomic E-state index is -0.509. The van der Waals surface area contributed by atoms with E-state index in [1.165, 1.54) is 5.56 Å². The van der Waals surface area contributed by atoms with Gasteiger partial charge in [-0.3, -0.25) is 4.90 Å². The van der Waals surface area contributed by atoms with Crippen molar-refractivity contribution in [3.63, 3.8) is 0 Å². The number of benzene rings is 1. The van der Waals surface area contributed by atoms with E-state index in [-0.39, 0.29) is 0 Å². The number of likely N-dealkylation sites (tertiary alicyclic amines) is 1. The summed E-state index contributed by atoms with van der Waals surface area (Å²) in [7, 11) is 1.67. The minimum Gasteiger partial charge on any atom is -0.497 e. The Morgan fingerprint density at radius 3 is 2.67 bits per heavy atom. The maximum atomic E-state index is 10.2. The van der Waals surface area contributed by atoms with E-state index in [1.807, 2.05) is 18.2 Å². The molecule has 1 aromatic rings. The molecule has 1 aromatic carbocycles. The molecule has 100 valence electrons. The van der Waals surface area contributed by atoms with Gasteiger partial charge in [0.05, 0.1) is 12.7 Å². The average molecular weight is 314 g/mol. The van der Waals surface area contributed by atoms with Gasteiger partial charge in [0.25, 0.3) is 0 Å². The number of hydrogen-bond donors (Lipinski definition) is 1. The van der Waals surface area contributed by atoms with Crippen LogP contribution in [0.1, 0.15) is 19.4 Å². The maximum Gasteiger partial charge on any atom is 0.119 e. The molecule has 1 saturated heterocycles. The van der Waals surface area contributed by atoms with Gasteiger partial charge in [-0.25, -0.2) is 0 Å². The summed E-state index contributed by atoms with van der Waals surface area (Å²) in [5, 5.41) is 10.2. The monoisotopic (exact) mass is 313 g/mol. The van der Waals surface area contributed by atoms with Gasteiger partial charge < -0.3 is 9.84 Å². The maximum absolute atomic E-state index is 10.2. The number of aliphatic hydroxyl groups is 1. The number of halogens is 1. The molecule has 4 heteroatoms. The van der Waals surface area contributed by atoms with Crippen LogP contribution in [0, 0.1) is 5.92 Å². The molecule has 1 heterocycles. The predicted octanol–water partition coefficient (Wildman–Crippen LogP) is 2.66. The van der Waals surface area contributed by atoms with Crippen LogP contribution in [0.25, 0.3) is 0 Å². The fraction of sp³-hybridized carbons (Fsp3) is 0.571. The number of ether oxygens (including phenoxy) is 1. The molecule has 1 aliphatic heterocycles. The Morgan fingerprint density at radius 2 is 2.11 bits per heavy atom. The van der Waals surface area contributed by atoms with E-state index in [9.17, 15) is 5.11 Å². The lowest BCUT2D eigenvalue weighted by Crippen LogP contribution is -2.63. The zero-order chi connectivity index (χ0) is 13.3. The molecule has 0 saturated carbocycles. The Bertz CT molecular complexity index is 428. The van der Waals surface area contributed by atoms with E-state index >= 15 is 0 Å². The standard InChI is InChI=1S/C14H20BrNO2/c1-10(2)14(17)8-16(9-14)7-11-6-12(18-3)4-5-13(11)15/h4-6,10,17H,7-9H2,1-3H3. The van der Waals surface area contributed by atoms with Gasteiger partial charge in [-0.2, -0.15) is 0 Å². The van der Waals surface area contributed by atoms with Crippen LogP contribution in [-0.2, 0) is 6.54 Å². The zero-order valence-electron chi connectivity index (χ0n) is 11.1. The van der Waals surface area contributed by atoms with Crippen LogP contribution in [-0.4, -0.2) is 35.8 Å². The molecule has 0 radical (unpaired) electrons. The number of methoxy groups -OCH3 is 1. The summed E-state index contributed by atoms with van der Waals surface area (Å²) in [6.07, 6.45) is 0. The van der Waals surface area contributed by atoms with Crippen LogP contribution in [0.4, 0.5) is 0 Å². The largest absolute Gasteiger partial charge is 0.497 e. The zero-order valence-corrected chi connectivity index (χ0v) is 12.7. The van der Waals surface area contributed by atoms with Gasteiger partial charge in [-0.15, -0.1) is 0 Å². The lowest BCUT2D eigenvalue weighted by molar-refractivity contribution is -0.130. The molecule has 0 aromatic heterocycles. The smallest absolute Gasteiger partial charge is 0.119 e. The SMILES string of the molecule is COc1ccc(Br)c(CN2CC(O)(C(C)C)C2)c1. The Kier molecular flexibility index (Phi) is 3.99.